The van der Waals surface area contributed by atoms with Crippen molar-refractivity contribution >= 4 is 29.1 Å². The number of urea groups is 1. The minimum atomic E-state index is -0.624. The highest BCUT2D eigenvalue weighted by Gasteiger charge is 2.52. The van der Waals surface area contributed by atoms with Gasteiger partial charge >= 0.3 is 6.03 Å². The molecule has 0 atom stereocenters. The summed E-state index contributed by atoms with van der Waals surface area (Å²) < 4.78 is 0. The lowest BCUT2D eigenvalue weighted by atomic mass is 10.1. The van der Waals surface area contributed by atoms with Gasteiger partial charge in [0.15, 0.2) is 0 Å². The van der Waals surface area contributed by atoms with Gasteiger partial charge in [0.1, 0.15) is 0 Å². The summed E-state index contributed by atoms with van der Waals surface area (Å²) in [6.07, 6.45) is 1.44. The number of carbonyl (C=O) groups excluding carboxylic acids is 2. The molecule has 1 fully saturated rings. The van der Waals surface area contributed by atoms with Crippen molar-refractivity contribution in [3.63, 3.8) is 0 Å². The van der Waals surface area contributed by atoms with E-state index in [2.05, 4.69) is 10.6 Å². The Morgan fingerprint density at radius 3 is 2.24 bits per heavy atom. The summed E-state index contributed by atoms with van der Waals surface area (Å²) in [6, 6.07) is -0.185. The molecular formula is C10H18N4O2S. The van der Waals surface area contributed by atoms with Crippen molar-refractivity contribution in [2.24, 2.45) is 11.1 Å². The van der Waals surface area contributed by atoms with E-state index >= 15 is 0 Å². The number of thiocarbonyl (C=S) groups is 1. The number of nitrogens with one attached hydrogen (secondary N) is 2. The molecule has 0 aromatic carbocycles. The van der Waals surface area contributed by atoms with Crippen molar-refractivity contribution in [3.8, 4) is 0 Å². The third-order valence-corrected chi connectivity index (χ3v) is 3.14. The first-order valence-electron chi connectivity index (χ1n) is 5.43. The first kappa shape index (κ1) is 13.7. The summed E-state index contributed by atoms with van der Waals surface area (Å²) in [4.78, 5) is 24.6. The van der Waals surface area contributed by atoms with Crippen LogP contribution in [0.25, 0.3) is 0 Å². The Labute approximate surface area is 106 Å². The lowest BCUT2D eigenvalue weighted by Gasteiger charge is -2.15. The number of amides is 3. The van der Waals surface area contributed by atoms with Gasteiger partial charge in [-0.1, -0.05) is 12.2 Å². The Morgan fingerprint density at radius 1 is 1.29 bits per heavy atom. The number of nitrogens with zero attached hydrogens (tertiary/aromatic N) is 1. The molecule has 7 heteroatoms. The normalized spacial score (nSPS) is 15.9. The van der Waals surface area contributed by atoms with Crippen LogP contribution in [-0.2, 0) is 4.79 Å². The van der Waals surface area contributed by atoms with E-state index in [4.69, 9.17) is 18.0 Å². The Kier molecular flexibility index (Phi) is 4.28. The highest BCUT2D eigenvalue weighted by Crippen LogP contribution is 2.46. The van der Waals surface area contributed by atoms with Gasteiger partial charge in [0.2, 0.25) is 5.91 Å². The maximum atomic E-state index is 11.7. The molecule has 6 nitrogen and oxygen atoms in total. The highest BCUT2D eigenvalue weighted by molar-refractivity contribution is 7.80. The molecule has 1 aliphatic carbocycles. The monoisotopic (exact) mass is 258 g/mol. The molecule has 17 heavy (non-hydrogen) atoms. The first-order chi connectivity index (χ1) is 7.90. The summed E-state index contributed by atoms with van der Waals surface area (Å²) in [6.45, 7) is 0.763. The van der Waals surface area contributed by atoms with Crippen LogP contribution in [0.3, 0.4) is 0 Å². The molecule has 1 saturated carbocycles. The minimum absolute atomic E-state index is 0.135. The SMILES string of the molecule is CN(C)C(=O)NCCNC(=O)C1(C(N)=S)CC1. The zero-order valence-electron chi connectivity index (χ0n) is 10.1. The van der Waals surface area contributed by atoms with Crippen molar-refractivity contribution < 1.29 is 9.59 Å². The largest absolute Gasteiger partial charge is 0.392 e. The third-order valence-electron chi connectivity index (χ3n) is 2.75. The molecule has 0 spiro atoms. The van der Waals surface area contributed by atoms with Crippen LogP contribution in [0.2, 0.25) is 0 Å². The Morgan fingerprint density at radius 2 is 1.82 bits per heavy atom. The quantitative estimate of drug-likeness (QED) is 0.456. The van der Waals surface area contributed by atoms with Crippen LogP contribution in [0.4, 0.5) is 4.79 Å². The zero-order chi connectivity index (χ0) is 13.1. The molecule has 3 amide bonds. The molecule has 4 N–H and O–H groups in total. The predicted octanol–water partition coefficient (Wildman–Crippen LogP) is -0.560. The maximum absolute atomic E-state index is 11.7. The molecule has 0 bridgehead atoms. The van der Waals surface area contributed by atoms with Crippen molar-refractivity contribution in [1.29, 1.82) is 0 Å². The highest BCUT2D eigenvalue weighted by atomic mass is 32.1. The standard InChI is InChI=1S/C10H18N4O2S/c1-14(2)9(16)13-6-5-12-8(15)10(3-4-10)7(11)17/h3-6H2,1-2H3,(H2,11,17)(H,12,15)(H,13,16). The lowest BCUT2D eigenvalue weighted by Crippen LogP contribution is -2.44. The fraction of sp³-hybridized carbons (Fsp3) is 0.700. The van der Waals surface area contributed by atoms with Crippen LogP contribution in [0.15, 0.2) is 0 Å². The van der Waals surface area contributed by atoms with Gasteiger partial charge in [-0.25, -0.2) is 4.79 Å². The van der Waals surface area contributed by atoms with Gasteiger partial charge in [-0.15, -0.1) is 0 Å². The average Bonchev–Trinajstić information content (AvgIpc) is 3.04. The zero-order valence-corrected chi connectivity index (χ0v) is 10.9. The molecule has 0 saturated heterocycles. The van der Waals surface area contributed by atoms with Gasteiger partial charge in [-0.2, -0.15) is 0 Å². The van der Waals surface area contributed by atoms with Gasteiger partial charge < -0.3 is 21.3 Å². The number of hydrogen-bond acceptors (Lipinski definition) is 3. The van der Waals surface area contributed by atoms with Gasteiger partial charge in [0, 0.05) is 27.2 Å². The van der Waals surface area contributed by atoms with E-state index in [1.54, 1.807) is 14.1 Å². The molecule has 1 aliphatic rings. The van der Waals surface area contributed by atoms with E-state index in [0.717, 1.165) is 12.8 Å². The van der Waals surface area contributed by atoms with Crippen LogP contribution >= 0.6 is 12.2 Å². The van der Waals surface area contributed by atoms with Gasteiger partial charge in [0.25, 0.3) is 0 Å². The van der Waals surface area contributed by atoms with Crippen LogP contribution in [0.1, 0.15) is 12.8 Å². The molecule has 0 aromatic rings. The second-order valence-electron chi connectivity index (χ2n) is 4.33. The average molecular weight is 258 g/mol. The van der Waals surface area contributed by atoms with Gasteiger partial charge in [-0.3, -0.25) is 4.79 Å². The summed E-state index contributed by atoms with van der Waals surface area (Å²) in [5, 5.41) is 5.37. The number of carbonyl (C=O) groups is 2. The predicted molar refractivity (Wildman–Crippen MR) is 68.5 cm³/mol. The molecule has 96 valence electrons. The molecule has 0 heterocycles. The number of nitrogens with two attached hydrogens (primary N) is 1. The van der Waals surface area contributed by atoms with E-state index in [0.29, 0.717) is 13.1 Å². The fourth-order valence-corrected chi connectivity index (χ4v) is 1.68. The summed E-state index contributed by atoms with van der Waals surface area (Å²) >= 11 is 4.87. The van der Waals surface area contributed by atoms with Crippen LogP contribution in [-0.4, -0.2) is 49.0 Å². The molecule has 0 radical (unpaired) electrons. The van der Waals surface area contributed by atoms with E-state index in [9.17, 15) is 9.59 Å². The van der Waals surface area contributed by atoms with Gasteiger partial charge in [0.05, 0.1) is 10.4 Å². The number of rotatable bonds is 5. The van der Waals surface area contributed by atoms with Crippen LogP contribution in [0, 0.1) is 5.41 Å². The Bertz CT molecular complexity index is 339. The third kappa shape index (κ3) is 3.29. The lowest BCUT2D eigenvalue weighted by molar-refractivity contribution is -0.123. The molecule has 0 aliphatic heterocycles. The molecular weight excluding hydrogens is 240 g/mol. The van der Waals surface area contributed by atoms with E-state index in [1.165, 1.54) is 4.90 Å². The van der Waals surface area contributed by atoms with E-state index in [-0.39, 0.29) is 16.9 Å². The van der Waals surface area contributed by atoms with E-state index < -0.39 is 5.41 Å². The van der Waals surface area contributed by atoms with Crippen molar-refractivity contribution in [2.75, 3.05) is 27.2 Å². The summed E-state index contributed by atoms with van der Waals surface area (Å²) in [7, 11) is 3.31. The van der Waals surface area contributed by atoms with Gasteiger partial charge in [-0.05, 0) is 12.8 Å². The first-order valence-corrected chi connectivity index (χ1v) is 5.84. The second-order valence-corrected chi connectivity index (χ2v) is 4.77. The maximum Gasteiger partial charge on any atom is 0.316 e. The molecule has 0 unspecified atom stereocenters. The topological polar surface area (TPSA) is 87.5 Å². The van der Waals surface area contributed by atoms with Crippen molar-refractivity contribution in [1.82, 2.24) is 15.5 Å². The fourth-order valence-electron chi connectivity index (χ4n) is 1.38. The van der Waals surface area contributed by atoms with Crippen molar-refractivity contribution in [3.05, 3.63) is 0 Å². The van der Waals surface area contributed by atoms with Crippen LogP contribution in [0.5, 0.6) is 0 Å². The molecule has 1 rings (SSSR count). The smallest absolute Gasteiger partial charge is 0.316 e. The summed E-state index contributed by atoms with van der Waals surface area (Å²) in [5.41, 5.74) is 4.90. The number of hydrogen-bond donors (Lipinski definition) is 3. The molecule has 0 aromatic heterocycles. The minimum Gasteiger partial charge on any atom is -0.392 e. The van der Waals surface area contributed by atoms with Crippen molar-refractivity contribution in [2.45, 2.75) is 12.8 Å². The second kappa shape index (κ2) is 5.31. The van der Waals surface area contributed by atoms with E-state index in [1.807, 2.05) is 0 Å². The summed E-state index contributed by atoms with van der Waals surface area (Å²) in [5.74, 6) is -0.135. The van der Waals surface area contributed by atoms with Crippen LogP contribution < -0.4 is 16.4 Å². The Balaban J connectivity index is 2.22. The Hall–Kier alpha value is -1.37.